The van der Waals surface area contributed by atoms with Gasteiger partial charge in [-0.1, -0.05) is 26.7 Å². The standard InChI is InChI=1S/C22H28Cl2N8O4/c1-3-5-9-29-15-13(25-19(23)27-15)17(33)31(21(29)35)11-7-8-12-32-18(34)14-16(28-20(24)26-14)30(22(32)36)10-6-4-2/h3-12H2,1-2H3,(H,25,27)(H,26,28). The van der Waals surface area contributed by atoms with Crippen molar-refractivity contribution in [3.63, 3.8) is 0 Å². The molecule has 0 bridgehead atoms. The number of hydrogen-bond donors (Lipinski definition) is 2. The molecule has 2 N–H and O–H groups in total. The largest absolute Gasteiger partial charge is 0.332 e. The van der Waals surface area contributed by atoms with Crippen molar-refractivity contribution in [2.75, 3.05) is 0 Å². The number of aromatic amines is 2. The van der Waals surface area contributed by atoms with Crippen LogP contribution >= 0.6 is 23.2 Å². The number of fused-ring (bicyclic) bond motifs is 2. The van der Waals surface area contributed by atoms with Gasteiger partial charge in [0.15, 0.2) is 22.3 Å². The first kappa shape index (κ1) is 26.0. The third-order valence-corrected chi connectivity index (χ3v) is 6.51. The molecule has 4 aromatic heterocycles. The summed E-state index contributed by atoms with van der Waals surface area (Å²) in [4.78, 5) is 65.7. The van der Waals surface area contributed by atoms with Gasteiger partial charge < -0.3 is 9.97 Å². The van der Waals surface area contributed by atoms with Gasteiger partial charge in [0.25, 0.3) is 11.1 Å². The van der Waals surface area contributed by atoms with E-state index in [9.17, 15) is 19.2 Å². The number of aryl methyl sites for hydroxylation is 2. The summed E-state index contributed by atoms with van der Waals surface area (Å²) in [7, 11) is 0. The molecule has 0 amide bonds. The van der Waals surface area contributed by atoms with Crippen molar-refractivity contribution in [3.05, 3.63) is 52.2 Å². The molecule has 0 aliphatic rings. The highest BCUT2D eigenvalue weighted by Crippen LogP contribution is 2.12. The topological polar surface area (TPSA) is 145 Å². The Bertz CT molecular complexity index is 1520. The summed E-state index contributed by atoms with van der Waals surface area (Å²) in [5, 5.41) is 0.0788. The number of H-pyrrole nitrogens is 2. The first-order chi connectivity index (χ1) is 17.3. The van der Waals surface area contributed by atoms with E-state index in [2.05, 4.69) is 19.9 Å². The van der Waals surface area contributed by atoms with Crippen LogP contribution in [-0.4, -0.2) is 38.2 Å². The van der Waals surface area contributed by atoms with Crippen LogP contribution in [0.1, 0.15) is 52.4 Å². The SMILES string of the molecule is CCCCn1c(=O)n(CCCCn2c(=O)c3[nH]c(Cl)nc3n(CCCC)c2=O)c(=O)c2[nH]c(Cl)nc21. The van der Waals surface area contributed by atoms with Crippen molar-refractivity contribution >= 4 is 45.5 Å². The Kier molecular flexibility index (Phi) is 7.84. The lowest BCUT2D eigenvalue weighted by Crippen LogP contribution is -2.41. The molecule has 0 atom stereocenters. The minimum absolute atomic E-state index is 0.0394. The quantitative estimate of drug-likeness (QED) is 0.221. The molecule has 0 spiro atoms. The molecule has 0 saturated carbocycles. The molecule has 0 radical (unpaired) electrons. The normalized spacial score (nSPS) is 11.8. The van der Waals surface area contributed by atoms with Gasteiger partial charge in [-0.25, -0.2) is 9.59 Å². The van der Waals surface area contributed by atoms with Crippen molar-refractivity contribution in [1.29, 1.82) is 0 Å². The Morgan fingerprint density at radius 3 is 1.33 bits per heavy atom. The van der Waals surface area contributed by atoms with Crippen LogP contribution in [0.25, 0.3) is 22.3 Å². The van der Waals surface area contributed by atoms with Crippen molar-refractivity contribution in [1.82, 2.24) is 38.2 Å². The molecule has 4 heterocycles. The summed E-state index contributed by atoms with van der Waals surface area (Å²) in [5.41, 5.74) is -1.10. The Morgan fingerprint density at radius 1 is 0.611 bits per heavy atom. The molecular weight excluding hydrogens is 511 g/mol. The van der Waals surface area contributed by atoms with E-state index in [1.54, 1.807) is 0 Å². The second kappa shape index (κ2) is 10.9. The number of hydrogen-bond acceptors (Lipinski definition) is 6. The third-order valence-electron chi connectivity index (χ3n) is 6.15. The highest BCUT2D eigenvalue weighted by atomic mass is 35.5. The molecule has 0 aliphatic heterocycles. The summed E-state index contributed by atoms with van der Waals surface area (Å²) in [6.07, 6.45) is 3.98. The second-order valence-electron chi connectivity index (χ2n) is 8.65. The van der Waals surface area contributed by atoms with E-state index >= 15 is 0 Å². The van der Waals surface area contributed by atoms with Crippen LogP contribution in [0, 0.1) is 0 Å². The molecule has 0 saturated heterocycles. The predicted molar refractivity (Wildman–Crippen MR) is 138 cm³/mol. The lowest BCUT2D eigenvalue weighted by atomic mass is 10.3. The lowest BCUT2D eigenvalue weighted by molar-refractivity contribution is 0.483. The van der Waals surface area contributed by atoms with Crippen molar-refractivity contribution in [2.24, 2.45) is 0 Å². The average Bonchev–Trinajstić information content (AvgIpc) is 3.43. The fourth-order valence-electron chi connectivity index (χ4n) is 4.25. The van der Waals surface area contributed by atoms with Crippen LogP contribution in [-0.2, 0) is 26.2 Å². The molecule has 4 rings (SSSR count). The average molecular weight is 539 g/mol. The maximum absolute atomic E-state index is 13.1. The fourth-order valence-corrected chi connectivity index (χ4v) is 4.60. The van der Waals surface area contributed by atoms with E-state index in [1.165, 1.54) is 9.13 Å². The minimum Gasteiger partial charge on any atom is -0.323 e. The summed E-state index contributed by atoms with van der Waals surface area (Å²) >= 11 is 11.9. The van der Waals surface area contributed by atoms with Gasteiger partial charge >= 0.3 is 11.4 Å². The van der Waals surface area contributed by atoms with Crippen LogP contribution in [0.2, 0.25) is 10.6 Å². The zero-order chi connectivity index (χ0) is 26.0. The van der Waals surface area contributed by atoms with Crippen LogP contribution in [0.4, 0.5) is 0 Å². The molecule has 0 aliphatic carbocycles. The van der Waals surface area contributed by atoms with E-state index in [-0.39, 0.29) is 46.0 Å². The summed E-state index contributed by atoms with van der Waals surface area (Å²) in [5.74, 6) is 0. The highest BCUT2D eigenvalue weighted by Gasteiger charge is 2.18. The number of unbranched alkanes of at least 4 members (excludes halogenated alkanes) is 3. The van der Waals surface area contributed by atoms with E-state index in [1.807, 2.05) is 13.8 Å². The Balaban J connectivity index is 1.60. The van der Waals surface area contributed by atoms with Gasteiger partial charge in [0.05, 0.1) is 0 Å². The number of nitrogens with zero attached hydrogens (tertiary/aromatic N) is 6. The Morgan fingerprint density at radius 2 is 0.972 bits per heavy atom. The lowest BCUT2D eigenvalue weighted by Gasteiger charge is -2.12. The smallest absolute Gasteiger partial charge is 0.323 e. The fraction of sp³-hybridized carbons (Fsp3) is 0.545. The zero-order valence-corrected chi connectivity index (χ0v) is 21.7. The molecule has 0 aromatic carbocycles. The summed E-state index contributed by atoms with van der Waals surface area (Å²) in [6.45, 7) is 5.06. The van der Waals surface area contributed by atoms with Gasteiger partial charge in [-0.05, 0) is 48.9 Å². The predicted octanol–water partition coefficient (Wildman–Crippen LogP) is 2.47. The van der Waals surface area contributed by atoms with Crippen LogP contribution in [0.3, 0.4) is 0 Å². The molecule has 12 nitrogen and oxygen atoms in total. The first-order valence-electron chi connectivity index (χ1n) is 12.1. The van der Waals surface area contributed by atoms with Crippen LogP contribution in [0.5, 0.6) is 0 Å². The number of halogens is 2. The van der Waals surface area contributed by atoms with Crippen LogP contribution in [0.15, 0.2) is 19.2 Å². The monoisotopic (exact) mass is 538 g/mol. The van der Waals surface area contributed by atoms with Gasteiger partial charge in [-0.15, -0.1) is 0 Å². The van der Waals surface area contributed by atoms with Gasteiger partial charge in [-0.2, -0.15) is 9.97 Å². The number of nitrogens with one attached hydrogen (secondary N) is 2. The van der Waals surface area contributed by atoms with Gasteiger partial charge in [-0.3, -0.25) is 27.9 Å². The Hall–Kier alpha value is -3.12. The van der Waals surface area contributed by atoms with E-state index in [4.69, 9.17) is 23.2 Å². The number of imidazole rings is 2. The zero-order valence-electron chi connectivity index (χ0n) is 20.1. The third kappa shape index (κ3) is 4.79. The summed E-state index contributed by atoms with van der Waals surface area (Å²) in [6, 6.07) is 0. The van der Waals surface area contributed by atoms with Crippen molar-refractivity contribution in [2.45, 2.75) is 78.6 Å². The number of rotatable bonds is 11. The summed E-state index contributed by atoms with van der Waals surface area (Å²) < 4.78 is 5.20. The molecular formula is C22H28Cl2N8O4. The second-order valence-corrected chi connectivity index (χ2v) is 9.36. The van der Waals surface area contributed by atoms with Crippen molar-refractivity contribution in [3.8, 4) is 0 Å². The maximum Gasteiger partial charge on any atom is 0.332 e. The van der Waals surface area contributed by atoms with E-state index < -0.39 is 22.5 Å². The first-order valence-corrected chi connectivity index (χ1v) is 12.8. The van der Waals surface area contributed by atoms with Gasteiger partial charge in [0.2, 0.25) is 10.6 Å². The maximum atomic E-state index is 13.1. The Labute approximate surface area is 214 Å². The van der Waals surface area contributed by atoms with Crippen LogP contribution < -0.4 is 22.5 Å². The molecule has 36 heavy (non-hydrogen) atoms. The molecule has 194 valence electrons. The molecule has 0 unspecified atom stereocenters. The highest BCUT2D eigenvalue weighted by molar-refractivity contribution is 6.29. The number of aromatic nitrogens is 8. The molecule has 14 heteroatoms. The van der Waals surface area contributed by atoms with Gasteiger partial charge in [0.1, 0.15) is 0 Å². The molecule has 4 aromatic rings. The van der Waals surface area contributed by atoms with E-state index in [0.29, 0.717) is 25.9 Å². The molecule has 0 fully saturated rings. The van der Waals surface area contributed by atoms with Gasteiger partial charge in [0, 0.05) is 26.2 Å². The van der Waals surface area contributed by atoms with Crippen molar-refractivity contribution < 1.29 is 0 Å². The van der Waals surface area contributed by atoms with E-state index in [0.717, 1.165) is 34.8 Å². The minimum atomic E-state index is -0.505.